The standard InChI is InChI=1S/C34H40ClN3O5/c1-5-22(2)43-31-19-29-25(17-30(31)41-4)18-32(39)38(33(29)23-8-12-26(35)13-9-23)27-14-10-24(11-15-27)34(40)37-16-6-7-28(37)20-42-21-36-3/h8-15,17,19,22,28,33,36H,5-7,16,18,20-21H2,1-4H3/t22-,28+,33?/m1/s1. The lowest BCUT2D eigenvalue weighted by Gasteiger charge is -2.38. The van der Waals surface area contributed by atoms with E-state index in [2.05, 4.69) is 12.2 Å². The van der Waals surface area contributed by atoms with Crippen molar-refractivity contribution in [1.82, 2.24) is 10.2 Å². The number of halogens is 1. The van der Waals surface area contributed by atoms with Crippen LogP contribution in [-0.2, 0) is 16.0 Å². The van der Waals surface area contributed by atoms with Crippen LogP contribution in [0.2, 0.25) is 5.02 Å². The molecule has 1 unspecified atom stereocenters. The molecular formula is C34H40ClN3O5. The molecule has 9 heteroatoms. The number of carbonyl (C=O) groups excluding carboxylic acids is 2. The van der Waals surface area contributed by atoms with Gasteiger partial charge in [-0.25, -0.2) is 0 Å². The van der Waals surface area contributed by atoms with Crippen LogP contribution in [0.15, 0.2) is 60.7 Å². The molecule has 43 heavy (non-hydrogen) atoms. The predicted octanol–water partition coefficient (Wildman–Crippen LogP) is 6.00. The Balaban J connectivity index is 1.49. The summed E-state index contributed by atoms with van der Waals surface area (Å²) in [5, 5.41) is 3.59. The van der Waals surface area contributed by atoms with Gasteiger partial charge in [-0.05, 0) is 98.5 Å². The minimum absolute atomic E-state index is 0.00239. The van der Waals surface area contributed by atoms with Crippen molar-refractivity contribution < 1.29 is 23.8 Å². The highest BCUT2D eigenvalue weighted by Gasteiger charge is 2.36. The first-order chi connectivity index (χ1) is 20.8. The Bertz CT molecular complexity index is 1430. The number of benzene rings is 3. The van der Waals surface area contributed by atoms with Gasteiger partial charge in [-0.3, -0.25) is 14.9 Å². The molecular weight excluding hydrogens is 566 g/mol. The minimum atomic E-state index is -0.424. The Morgan fingerprint density at radius 3 is 2.51 bits per heavy atom. The molecule has 3 aromatic rings. The van der Waals surface area contributed by atoms with Gasteiger partial charge in [0.2, 0.25) is 5.91 Å². The summed E-state index contributed by atoms with van der Waals surface area (Å²) in [6.07, 6.45) is 2.93. The van der Waals surface area contributed by atoms with Crippen molar-refractivity contribution in [3.8, 4) is 11.5 Å². The quantitative estimate of drug-likeness (QED) is 0.213. The first-order valence-corrected chi connectivity index (χ1v) is 15.3. The lowest BCUT2D eigenvalue weighted by molar-refractivity contribution is -0.118. The van der Waals surface area contributed by atoms with Gasteiger partial charge in [-0.1, -0.05) is 30.7 Å². The summed E-state index contributed by atoms with van der Waals surface area (Å²) in [6.45, 7) is 5.75. The molecule has 1 saturated heterocycles. The van der Waals surface area contributed by atoms with Crippen LogP contribution < -0.4 is 19.7 Å². The fourth-order valence-corrected chi connectivity index (χ4v) is 6.00. The van der Waals surface area contributed by atoms with E-state index in [1.54, 1.807) is 7.11 Å². The highest BCUT2D eigenvalue weighted by Crippen LogP contribution is 2.44. The molecule has 2 aliphatic rings. The molecule has 0 bridgehead atoms. The number of rotatable bonds is 11. The zero-order valence-electron chi connectivity index (χ0n) is 25.3. The van der Waals surface area contributed by atoms with Gasteiger partial charge in [0, 0.05) is 22.8 Å². The predicted molar refractivity (Wildman–Crippen MR) is 168 cm³/mol. The normalized spacial score (nSPS) is 18.9. The van der Waals surface area contributed by atoms with E-state index in [1.165, 1.54) is 0 Å². The molecule has 228 valence electrons. The third kappa shape index (κ3) is 6.66. The number of likely N-dealkylation sites (tertiary alicyclic amines) is 1. The lowest BCUT2D eigenvalue weighted by Crippen LogP contribution is -2.41. The molecule has 0 radical (unpaired) electrons. The van der Waals surface area contributed by atoms with E-state index in [0.717, 1.165) is 36.0 Å². The molecule has 3 aromatic carbocycles. The third-order valence-corrected chi connectivity index (χ3v) is 8.52. The van der Waals surface area contributed by atoms with Crippen molar-refractivity contribution in [2.45, 2.75) is 57.7 Å². The summed E-state index contributed by atoms with van der Waals surface area (Å²) in [5.74, 6) is 1.18. The second kappa shape index (κ2) is 13.8. The van der Waals surface area contributed by atoms with Gasteiger partial charge >= 0.3 is 0 Å². The maximum absolute atomic E-state index is 13.8. The Kier molecular flexibility index (Phi) is 9.90. The van der Waals surface area contributed by atoms with E-state index in [4.69, 9.17) is 25.8 Å². The van der Waals surface area contributed by atoms with Crippen LogP contribution in [0.1, 0.15) is 66.2 Å². The van der Waals surface area contributed by atoms with Gasteiger partial charge in [-0.15, -0.1) is 0 Å². The van der Waals surface area contributed by atoms with Gasteiger partial charge < -0.3 is 24.0 Å². The maximum atomic E-state index is 13.8. The number of hydrogen-bond acceptors (Lipinski definition) is 6. The van der Waals surface area contributed by atoms with Gasteiger partial charge in [0.1, 0.15) is 0 Å². The van der Waals surface area contributed by atoms with Crippen LogP contribution in [0.4, 0.5) is 5.69 Å². The van der Waals surface area contributed by atoms with E-state index in [9.17, 15) is 9.59 Å². The Hall–Kier alpha value is -3.59. The first-order valence-electron chi connectivity index (χ1n) is 14.9. The van der Waals surface area contributed by atoms with Crippen molar-refractivity contribution in [3.63, 3.8) is 0 Å². The zero-order chi connectivity index (χ0) is 30.5. The van der Waals surface area contributed by atoms with Crippen molar-refractivity contribution in [1.29, 1.82) is 0 Å². The van der Waals surface area contributed by atoms with Crippen LogP contribution in [0.25, 0.3) is 0 Å². The molecule has 1 N–H and O–H groups in total. The molecule has 0 spiro atoms. The Morgan fingerprint density at radius 1 is 1.09 bits per heavy atom. The number of hydrogen-bond donors (Lipinski definition) is 1. The molecule has 5 rings (SSSR count). The molecule has 8 nitrogen and oxygen atoms in total. The fraction of sp³-hybridized carbons (Fsp3) is 0.412. The number of anilines is 1. The molecule has 2 heterocycles. The number of methoxy groups -OCH3 is 1. The monoisotopic (exact) mass is 605 g/mol. The Labute approximate surface area is 258 Å². The van der Waals surface area contributed by atoms with Crippen molar-refractivity contribution in [2.24, 2.45) is 0 Å². The van der Waals surface area contributed by atoms with E-state index in [1.807, 2.05) is 84.4 Å². The van der Waals surface area contributed by atoms with Crippen LogP contribution in [0.3, 0.4) is 0 Å². The van der Waals surface area contributed by atoms with E-state index >= 15 is 0 Å². The van der Waals surface area contributed by atoms with Crippen LogP contribution >= 0.6 is 11.6 Å². The highest BCUT2D eigenvalue weighted by atomic mass is 35.5. The molecule has 0 aliphatic carbocycles. The van der Waals surface area contributed by atoms with Gasteiger partial charge in [0.15, 0.2) is 11.5 Å². The van der Waals surface area contributed by atoms with Crippen LogP contribution in [0.5, 0.6) is 11.5 Å². The smallest absolute Gasteiger partial charge is 0.254 e. The van der Waals surface area contributed by atoms with Crippen LogP contribution in [0, 0.1) is 0 Å². The molecule has 3 atom stereocenters. The summed E-state index contributed by atoms with van der Waals surface area (Å²) < 4.78 is 17.6. The second-order valence-electron chi connectivity index (χ2n) is 11.1. The average molecular weight is 606 g/mol. The summed E-state index contributed by atoms with van der Waals surface area (Å²) in [6, 6.07) is 18.5. The highest BCUT2D eigenvalue weighted by molar-refractivity contribution is 6.30. The van der Waals surface area contributed by atoms with E-state index in [-0.39, 0.29) is 30.4 Å². The number of nitrogens with zero attached hydrogens (tertiary/aromatic N) is 2. The second-order valence-corrected chi connectivity index (χ2v) is 11.6. The molecule has 2 aliphatic heterocycles. The minimum Gasteiger partial charge on any atom is -0.493 e. The average Bonchev–Trinajstić information content (AvgIpc) is 3.49. The van der Waals surface area contributed by atoms with Gasteiger partial charge in [0.05, 0.1) is 45.1 Å². The number of nitrogens with one attached hydrogen (secondary N) is 1. The summed E-state index contributed by atoms with van der Waals surface area (Å²) >= 11 is 6.25. The third-order valence-electron chi connectivity index (χ3n) is 8.26. The molecule has 0 aromatic heterocycles. The summed E-state index contributed by atoms with van der Waals surface area (Å²) in [4.78, 5) is 31.0. The lowest BCUT2D eigenvalue weighted by atomic mass is 9.86. The number of amides is 2. The maximum Gasteiger partial charge on any atom is 0.254 e. The molecule has 1 fully saturated rings. The van der Waals surface area contributed by atoms with Gasteiger partial charge in [-0.2, -0.15) is 0 Å². The SMILES string of the molecule is CC[C@@H](C)Oc1cc2c(cc1OC)CC(=O)N(c1ccc(C(=O)N3CCC[C@H]3COCNC)cc1)C2c1ccc(Cl)cc1. The summed E-state index contributed by atoms with van der Waals surface area (Å²) in [5.41, 5.74) is 4.07. The van der Waals surface area contributed by atoms with Crippen molar-refractivity contribution >= 4 is 29.1 Å². The summed E-state index contributed by atoms with van der Waals surface area (Å²) in [7, 11) is 3.44. The number of carbonyl (C=O) groups is 2. The first kappa shape index (κ1) is 30.9. The van der Waals surface area contributed by atoms with Crippen LogP contribution in [-0.4, -0.2) is 62.9 Å². The van der Waals surface area contributed by atoms with E-state index < -0.39 is 6.04 Å². The number of ether oxygens (including phenoxy) is 3. The van der Waals surface area contributed by atoms with Crippen molar-refractivity contribution in [2.75, 3.05) is 38.9 Å². The Morgan fingerprint density at radius 2 is 1.84 bits per heavy atom. The van der Waals surface area contributed by atoms with E-state index in [0.29, 0.717) is 47.7 Å². The fourth-order valence-electron chi connectivity index (χ4n) is 5.88. The molecule has 0 saturated carbocycles. The molecule has 2 amide bonds. The van der Waals surface area contributed by atoms with Gasteiger partial charge in [0.25, 0.3) is 5.91 Å². The zero-order valence-corrected chi connectivity index (χ0v) is 26.0. The largest absolute Gasteiger partial charge is 0.493 e. The van der Waals surface area contributed by atoms with Crippen molar-refractivity contribution in [3.05, 3.63) is 87.9 Å². The number of fused-ring (bicyclic) bond motifs is 1. The topological polar surface area (TPSA) is 80.3 Å².